The van der Waals surface area contributed by atoms with E-state index in [0.717, 1.165) is 47.8 Å². The molecule has 166 valence electrons. The van der Waals surface area contributed by atoms with Crippen LogP contribution in [0.25, 0.3) is 10.9 Å². The molecule has 1 aromatic carbocycles. The Morgan fingerprint density at radius 1 is 1.19 bits per heavy atom. The topological polar surface area (TPSA) is 97.4 Å². The highest BCUT2D eigenvalue weighted by Crippen LogP contribution is 2.41. The predicted molar refractivity (Wildman–Crippen MR) is 119 cm³/mol. The Hall–Kier alpha value is -2.96. The Morgan fingerprint density at radius 3 is 2.65 bits per heavy atom. The minimum absolute atomic E-state index is 0.157. The summed E-state index contributed by atoms with van der Waals surface area (Å²) in [6, 6.07) is 7.54. The Kier molecular flexibility index (Phi) is 6.93. The van der Waals surface area contributed by atoms with Crippen molar-refractivity contribution in [1.82, 2.24) is 15.6 Å². The van der Waals surface area contributed by atoms with Gasteiger partial charge in [0.1, 0.15) is 0 Å². The number of benzene rings is 1. The molecule has 1 aromatic heterocycles. The van der Waals surface area contributed by atoms with Gasteiger partial charge in [-0.1, -0.05) is 45.4 Å². The van der Waals surface area contributed by atoms with Crippen LogP contribution in [0.3, 0.4) is 0 Å². The number of fused-ring (bicyclic) bond motifs is 2. The van der Waals surface area contributed by atoms with E-state index in [9.17, 15) is 14.4 Å². The molecule has 1 atom stereocenters. The third-order valence-corrected chi connectivity index (χ3v) is 6.54. The quantitative estimate of drug-likeness (QED) is 0.665. The lowest BCUT2D eigenvalue weighted by atomic mass is 9.68. The standard InChI is InChI=1S/C24H31N3O4/c1-5-24(2,3)15-10-11-19-17(12-15)22(16-8-6-7-9-18(16)27-19)23(30)31-14-21(29)26-13-20(28)25-4/h6-9,15H,5,10-14H2,1-4H3,(H,25,28)(H,26,29)/t15-/m1/s1. The van der Waals surface area contributed by atoms with Crippen LogP contribution >= 0.6 is 0 Å². The van der Waals surface area contributed by atoms with E-state index < -0.39 is 18.5 Å². The fourth-order valence-electron chi connectivity index (χ4n) is 4.10. The summed E-state index contributed by atoms with van der Waals surface area (Å²) in [5, 5.41) is 5.59. The molecule has 0 unspecified atom stereocenters. The molecule has 3 rings (SSSR count). The van der Waals surface area contributed by atoms with Crippen molar-refractivity contribution in [2.24, 2.45) is 11.3 Å². The van der Waals surface area contributed by atoms with Crippen LogP contribution in [0.2, 0.25) is 0 Å². The lowest BCUT2D eigenvalue weighted by Gasteiger charge is -2.37. The highest BCUT2D eigenvalue weighted by atomic mass is 16.5. The Morgan fingerprint density at radius 2 is 1.94 bits per heavy atom. The van der Waals surface area contributed by atoms with Crippen molar-refractivity contribution in [3.05, 3.63) is 41.1 Å². The summed E-state index contributed by atoms with van der Waals surface area (Å²) in [6.45, 7) is 6.14. The van der Waals surface area contributed by atoms with Crippen LogP contribution in [0.15, 0.2) is 24.3 Å². The zero-order valence-corrected chi connectivity index (χ0v) is 18.7. The number of carbonyl (C=O) groups excluding carboxylic acids is 3. The number of ether oxygens (including phenoxy) is 1. The first kappa shape index (κ1) is 22.7. The first-order valence-electron chi connectivity index (χ1n) is 10.8. The molecule has 1 aliphatic carbocycles. The van der Waals surface area contributed by atoms with Crippen LogP contribution < -0.4 is 10.6 Å². The first-order valence-corrected chi connectivity index (χ1v) is 10.8. The summed E-state index contributed by atoms with van der Waals surface area (Å²) in [5.41, 5.74) is 3.30. The average molecular weight is 426 g/mol. The number of para-hydroxylation sites is 1. The number of hydrogen-bond acceptors (Lipinski definition) is 5. The summed E-state index contributed by atoms with van der Waals surface area (Å²) in [4.78, 5) is 41.2. The lowest BCUT2D eigenvalue weighted by molar-refractivity contribution is -0.127. The van der Waals surface area contributed by atoms with E-state index in [0.29, 0.717) is 11.5 Å². The van der Waals surface area contributed by atoms with E-state index in [1.54, 1.807) is 0 Å². The second-order valence-electron chi connectivity index (χ2n) is 8.74. The Bertz CT molecular complexity index is 1000. The lowest BCUT2D eigenvalue weighted by Crippen LogP contribution is -2.37. The number of aromatic nitrogens is 1. The molecule has 7 heteroatoms. The van der Waals surface area contributed by atoms with Gasteiger partial charge in [-0.3, -0.25) is 14.6 Å². The number of esters is 1. The molecule has 1 aliphatic rings. The van der Waals surface area contributed by atoms with Gasteiger partial charge in [-0.05, 0) is 42.2 Å². The SMILES string of the molecule is CCC(C)(C)[C@@H]1CCc2nc3ccccc3c(C(=O)OCC(=O)NCC(=O)NC)c2C1. The van der Waals surface area contributed by atoms with E-state index >= 15 is 0 Å². The smallest absolute Gasteiger partial charge is 0.339 e. The van der Waals surface area contributed by atoms with E-state index in [-0.39, 0.29) is 17.9 Å². The molecule has 0 fully saturated rings. The van der Waals surface area contributed by atoms with Crippen LogP contribution in [0, 0.1) is 11.3 Å². The number of carbonyl (C=O) groups is 3. The molecule has 31 heavy (non-hydrogen) atoms. The number of pyridine rings is 1. The molecule has 0 spiro atoms. The van der Waals surface area contributed by atoms with Gasteiger partial charge in [-0.15, -0.1) is 0 Å². The molecule has 0 saturated carbocycles. The third-order valence-electron chi connectivity index (χ3n) is 6.54. The second-order valence-corrected chi connectivity index (χ2v) is 8.74. The van der Waals surface area contributed by atoms with Crippen LogP contribution in [-0.4, -0.2) is 43.0 Å². The summed E-state index contributed by atoms with van der Waals surface area (Å²) < 4.78 is 5.37. The number of likely N-dealkylation sites (N-methyl/N-ethyl adjacent to an activating group) is 1. The number of nitrogens with zero attached hydrogens (tertiary/aromatic N) is 1. The van der Waals surface area contributed by atoms with Crippen molar-refractivity contribution in [2.45, 2.75) is 46.5 Å². The predicted octanol–water partition coefficient (Wildman–Crippen LogP) is 2.79. The molecule has 1 heterocycles. The highest BCUT2D eigenvalue weighted by Gasteiger charge is 2.34. The monoisotopic (exact) mass is 425 g/mol. The van der Waals surface area contributed by atoms with E-state index in [1.807, 2.05) is 24.3 Å². The molecule has 2 aromatic rings. The average Bonchev–Trinajstić information content (AvgIpc) is 2.78. The number of nitrogens with one attached hydrogen (secondary N) is 2. The molecule has 0 bridgehead atoms. The maximum Gasteiger partial charge on any atom is 0.339 e. The van der Waals surface area contributed by atoms with Crippen LogP contribution in [0.1, 0.15) is 55.2 Å². The highest BCUT2D eigenvalue weighted by molar-refractivity contribution is 6.05. The minimum atomic E-state index is -0.528. The van der Waals surface area contributed by atoms with E-state index in [1.165, 1.54) is 7.05 Å². The Labute approximate surface area is 182 Å². The normalized spacial score (nSPS) is 15.8. The molecule has 0 radical (unpaired) electrons. The zero-order chi connectivity index (χ0) is 22.6. The van der Waals surface area contributed by atoms with Crippen LogP contribution in [0.5, 0.6) is 0 Å². The summed E-state index contributed by atoms with van der Waals surface area (Å²) in [6.07, 6.45) is 3.68. The first-order chi connectivity index (χ1) is 14.8. The second kappa shape index (κ2) is 9.45. The molecule has 2 amide bonds. The summed E-state index contributed by atoms with van der Waals surface area (Å²) >= 11 is 0. The summed E-state index contributed by atoms with van der Waals surface area (Å²) in [5.74, 6) is -0.928. The van der Waals surface area contributed by atoms with Gasteiger partial charge >= 0.3 is 5.97 Å². The number of rotatable bonds is 7. The minimum Gasteiger partial charge on any atom is -0.452 e. The molecule has 2 N–H and O–H groups in total. The van der Waals surface area contributed by atoms with Gasteiger partial charge in [-0.2, -0.15) is 0 Å². The largest absolute Gasteiger partial charge is 0.452 e. The zero-order valence-electron chi connectivity index (χ0n) is 18.7. The van der Waals surface area contributed by atoms with Crippen molar-refractivity contribution in [3.63, 3.8) is 0 Å². The Balaban J connectivity index is 1.88. The number of hydrogen-bond donors (Lipinski definition) is 2. The van der Waals surface area contributed by atoms with Crippen molar-refractivity contribution in [1.29, 1.82) is 0 Å². The maximum absolute atomic E-state index is 13.1. The van der Waals surface area contributed by atoms with Gasteiger partial charge in [0.2, 0.25) is 5.91 Å². The van der Waals surface area contributed by atoms with Crippen molar-refractivity contribution in [2.75, 3.05) is 20.2 Å². The van der Waals surface area contributed by atoms with Crippen LogP contribution in [-0.2, 0) is 27.2 Å². The van der Waals surface area contributed by atoms with Gasteiger partial charge in [0.25, 0.3) is 5.91 Å². The van der Waals surface area contributed by atoms with Gasteiger partial charge in [0.15, 0.2) is 6.61 Å². The van der Waals surface area contributed by atoms with Crippen LogP contribution in [0.4, 0.5) is 0 Å². The van der Waals surface area contributed by atoms with Gasteiger partial charge in [0.05, 0.1) is 17.6 Å². The molecule has 7 nitrogen and oxygen atoms in total. The maximum atomic E-state index is 13.1. The van der Waals surface area contributed by atoms with Crippen molar-refractivity contribution >= 4 is 28.7 Å². The third kappa shape index (κ3) is 5.03. The van der Waals surface area contributed by atoms with E-state index in [2.05, 4.69) is 31.4 Å². The van der Waals surface area contributed by atoms with Crippen molar-refractivity contribution < 1.29 is 19.1 Å². The fraction of sp³-hybridized carbons (Fsp3) is 0.500. The molecular weight excluding hydrogens is 394 g/mol. The summed E-state index contributed by atoms with van der Waals surface area (Å²) in [7, 11) is 1.49. The number of aryl methyl sites for hydroxylation is 1. The van der Waals surface area contributed by atoms with Gasteiger partial charge in [-0.25, -0.2) is 4.79 Å². The van der Waals surface area contributed by atoms with Crippen molar-refractivity contribution in [3.8, 4) is 0 Å². The van der Waals surface area contributed by atoms with Gasteiger partial charge < -0.3 is 15.4 Å². The molecule has 0 saturated heterocycles. The number of amides is 2. The van der Waals surface area contributed by atoms with Gasteiger partial charge in [0, 0.05) is 18.1 Å². The molecular formula is C24H31N3O4. The van der Waals surface area contributed by atoms with E-state index in [4.69, 9.17) is 9.72 Å². The molecule has 0 aliphatic heterocycles. The fourth-order valence-corrected chi connectivity index (χ4v) is 4.10.